The number of aromatic hydroxyl groups is 1. The third-order valence-electron chi connectivity index (χ3n) is 2.09. The van der Waals surface area contributed by atoms with Crippen molar-refractivity contribution in [2.75, 3.05) is 0 Å². The molecule has 0 aliphatic rings. The van der Waals surface area contributed by atoms with Gasteiger partial charge in [0.05, 0.1) is 21.8 Å². The number of hydrogen-bond donors (Lipinski definition) is 2. The maximum absolute atomic E-state index is 11.7. The van der Waals surface area contributed by atoms with Gasteiger partial charge in [-0.1, -0.05) is 29.3 Å². The number of hydrogen-bond acceptors (Lipinski definition) is 3. The molecule has 0 spiro atoms. The van der Waals surface area contributed by atoms with E-state index in [4.69, 9.17) is 35.4 Å². The molecule has 0 bridgehead atoms. The fourth-order valence-electron chi connectivity index (χ4n) is 1.38. The Morgan fingerprint density at radius 2 is 2.06 bits per heavy atom. The minimum absolute atomic E-state index is 0.0409. The van der Waals surface area contributed by atoms with E-state index in [-0.39, 0.29) is 15.7 Å². The molecule has 2 aromatic rings. The van der Waals surface area contributed by atoms with Crippen molar-refractivity contribution in [1.29, 1.82) is 0 Å². The van der Waals surface area contributed by atoms with Crippen molar-refractivity contribution in [3.63, 3.8) is 0 Å². The van der Waals surface area contributed by atoms with Gasteiger partial charge in [0.15, 0.2) is 10.7 Å². The molecule has 17 heavy (non-hydrogen) atoms. The third kappa shape index (κ3) is 2.22. The average molecular weight is 289 g/mol. The first-order valence-electron chi connectivity index (χ1n) is 4.50. The Kier molecular flexibility index (Phi) is 3.24. The minimum atomic E-state index is -0.490. The molecule has 2 rings (SSSR count). The van der Waals surface area contributed by atoms with Crippen LogP contribution in [0.25, 0.3) is 5.69 Å². The highest BCUT2D eigenvalue weighted by atomic mass is 35.5. The summed E-state index contributed by atoms with van der Waals surface area (Å²) in [6, 6.07) is 5.87. The van der Waals surface area contributed by atoms with Crippen LogP contribution in [0.15, 0.2) is 29.1 Å². The lowest BCUT2D eigenvalue weighted by Crippen LogP contribution is -2.19. The Morgan fingerprint density at radius 1 is 1.35 bits per heavy atom. The summed E-state index contributed by atoms with van der Waals surface area (Å²) in [5.74, 6) is -0.297. The summed E-state index contributed by atoms with van der Waals surface area (Å²) in [6.45, 7) is 0. The van der Waals surface area contributed by atoms with Gasteiger partial charge in [-0.3, -0.25) is 9.36 Å². The Balaban J connectivity index is 2.83. The monoisotopic (exact) mass is 288 g/mol. The highest BCUT2D eigenvalue weighted by Crippen LogP contribution is 2.27. The van der Waals surface area contributed by atoms with E-state index < -0.39 is 5.56 Å². The number of nitrogens with one attached hydrogen (secondary N) is 1. The quantitative estimate of drug-likeness (QED) is 0.794. The zero-order valence-corrected chi connectivity index (χ0v) is 10.6. The smallest absolute Gasteiger partial charge is 0.262 e. The number of rotatable bonds is 1. The Labute approximate surface area is 111 Å². The van der Waals surface area contributed by atoms with Crippen LogP contribution in [0.1, 0.15) is 0 Å². The SMILES string of the molecule is O=c1cc(O)[nH]c(=S)n1-c1cccc(Cl)c1Cl. The van der Waals surface area contributed by atoms with E-state index in [1.807, 2.05) is 0 Å². The second-order valence-corrected chi connectivity index (χ2v) is 4.38. The van der Waals surface area contributed by atoms with Crippen LogP contribution in [0.3, 0.4) is 0 Å². The lowest BCUT2D eigenvalue weighted by molar-refractivity contribution is 0.448. The van der Waals surface area contributed by atoms with E-state index in [0.29, 0.717) is 10.7 Å². The van der Waals surface area contributed by atoms with Crippen LogP contribution in [0.2, 0.25) is 10.0 Å². The zero-order valence-electron chi connectivity index (χ0n) is 8.28. The molecule has 0 amide bonds. The number of aromatic nitrogens is 2. The van der Waals surface area contributed by atoms with E-state index in [2.05, 4.69) is 4.98 Å². The van der Waals surface area contributed by atoms with Gasteiger partial charge in [0.2, 0.25) is 0 Å². The Morgan fingerprint density at radius 3 is 2.71 bits per heavy atom. The van der Waals surface area contributed by atoms with Crippen molar-refractivity contribution in [1.82, 2.24) is 9.55 Å². The Bertz CT molecular complexity index is 662. The summed E-state index contributed by atoms with van der Waals surface area (Å²) < 4.78 is 1.20. The van der Waals surface area contributed by atoms with Gasteiger partial charge < -0.3 is 10.1 Å². The molecular formula is C10H6Cl2N2O2S. The molecule has 1 aromatic carbocycles. The van der Waals surface area contributed by atoms with E-state index in [1.54, 1.807) is 18.2 Å². The van der Waals surface area contributed by atoms with Crippen LogP contribution in [-0.4, -0.2) is 14.7 Å². The van der Waals surface area contributed by atoms with Gasteiger partial charge in [0.25, 0.3) is 5.56 Å². The molecule has 1 heterocycles. The fraction of sp³-hybridized carbons (Fsp3) is 0. The van der Waals surface area contributed by atoms with Crippen LogP contribution in [-0.2, 0) is 0 Å². The van der Waals surface area contributed by atoms with Crippen molar-refractivity contribution >= 4 is 35.4 Å². The van der Waals surface area contributed by atoms with E-state index in [1.165, 1.54) is 0 Å². The molecule has 7 heteroatoms. The van der Waals surface area contributed by atoms with Crippen LogP contribution in [0.4, 0.5) is 0 Å². The summed E-state index contributed by atoms with van der Waals surface area (Å²) in [5, 5.41) is 9.74. The van der Waals surface area contributed by atoms with E-state index in [0.717, 1.165) is 10.6 Å². The number of aromatic amines is 1. The van der Waals surface area contributed by atoms with Gasteiger partial charge in [0.1, 0.15) is 0 Å². The number of benzene rings is 1. The largest absolute Gasteiger partial charge is 0.494 e. The molecule has 0 unspecified atom stereocenters. The summed E-state index contributed by atoms with van der Waals surface area (Å²) >= 11 is 16.8. The van der Waals surface area contributed by atoms with Crippen molar-refractivity contribution in [2.45, 2.75) is 0 Å². The average Bonchev–Trinajstić information content (AvgIpc) is 2.23. The normalized spacial score (nSPS) is 10.5. The molecule has 0 saturated heterocycles. The van der Waals surface area contributed by atoms with Crippen molar-refractivity contribution < 1.29 is 5.11 Å². The molecular weight excluding hydrogens is 283 g/mol. The fourth-order valence-corrected chi connectivity index (χ4v) is 2.05. The lowest BCUT2D eigenvalue weighted by Gasteiger charge is -2.08. The molecule has 0 aliphatic carbocycles. The molecule has 1 aromatic heterocycles. The van der Waals surface area contributed by atoms with Crippen LogP contribution < -0.4 is 5.56 Å². The topological polar surface area (TPSA) is 58.0 Å². The molecule has 4 nitrogen and oxygen atoms in total. The zero-order chi connectivity index (χ0) is 12.6. The van der Waals surface area contributed by atoms with Crippen LogP contribution in [0.5, 0.6) is 5.88 Å². The van der Waals surface area contributed by atoms with Gasteiger partial charge in [-0.2, -0.15) is 0 Å². The van der Waals surface area contributed by atoms with Crippen molar-refractivity contribution in [3.8, 4) is 11.6 Å². The lowest BCUT2D eigenvalue weighted by atomic mass is 10.3. The molecule has 0 atom stereocenters. The summed E-state index contributed by atoms with van der Waals surface area (Å²) in [7, 11) is 0. The number of H-pyrrole nitrogens is 1. The molecule has 0 fully saturated rings. The third-order valence-corrected chi connectivity index (χ3v) is 3.18. The first kappa shape index (κ1) is 12.2. The van der Waals surface area contributed by atoms with Gasteiger partial charge in [-0.05, 0) is 24.4 Å². The van der Waals surface area contributed by atoms with Gasteiger partial charge in [-0.25, -0.2) is 0 Å². The molecule has 0 radical (unpaired) electrons. The highest BCUT2D eigenvalue weighted by Gasteiger charge is 2.10. The van der Waals surface area contributed by atoms with Gasteiger partial charge >= 0.3 is 0 Å². The predicted octanol–water partition coefficient (Wildman–Crippen LogP) is 2.91. The summed E-state index contributed by atoms with van der Waals surface area (Å²) in [6.07, 6.45) is 0. The molecule has 88 valence electrons. The van der Waals surface area contributed by atoms with Crippen LogP contribution >= 0.6 is 35.4 Å². The van der Waals surface area contributed by atoms with Gasteiger partial charge in [0, 0.05) is 0 Å². The molecule has 0 aliphatic heterocycles. The standard InChI is InChI=1S/C10H6Cl2N2O2S/c11-5-2-1-3-6(9(5)12)14-8(16)4-7(15)13-10(14)17/h1-4,15H,(H,13,17). The minimum Gasteiger partial charge on any atom is -0.494 e. The van der Waals surface area contributed by atoms with E-state index in [9.17, 15) is 9.90 Å². The first-order valence-corrected chi connectivity index (χ1v) is 5.67. The molecule has 2 N–H and O–H groups in total. The number of halogens is 2. The van der Waals surface area contributed by atoms with Gasteiger partial charge in [-0.15, -0.1) is 0 Å². The second-order valence-electron chi connectivity index (χ2n) is 3.21. The van der Waals surface area contributed by atoms with Crippen molar-refractivity contribution in [2.24, 2.45) is 0 Å². The maximum atomic E-state index is 11.7. The summed E-state index contributed by atoms with van der Waals surface area (Å²) in [4.78, 5) is 14.2. The predicted molar refractivity (Wildman–Crippen MR) is 68.9 cm³/mol. The first-order chi connectivity index (χ1) is 8.00. The van der Waals surface area contributed by atoms with E-state index >= 15 is 0 Å². The maximum Gasteiger partial charge on any atom is 0.262 e. The second kappa shape index (κ2) is 4.52. The highest BCUT2D eigenvalue weighted by molar-refractivity contribution is 7.71. The summed E-state index contributed by atoms with van der Waals surface area (Å²) in [5.41, 5.74) is -0.124. The van der Waals surface area contributed by atoms with Crippen LogP contribution in [0, 0.1) is 4.77 Å². The Hall–Kier alpha value is -1.30. The van der Waals surface area contributed by atoms with Crippen molar-refractivity contribution in [3.05, 3.63) is 49.4 Å². The number of nitrogens with zero attached hydrogens (tertiary/aromatic N) is 1. The molecule has 0 saturated carbocycles.